The van der Waals surface area contributed by atoms with Gasteiger partial charge in [0.15, 0.2) is 0 Å². The van der Waals surface area contributed by atoms with Crippen molar-refractivity contribution in [1.29, 1.82) is 0 Å². The first-order valence-electron chi connectivity index (χ1n) is 7.73. The first-order valence-corrected chi connectivity index (χ1v) is 7.73. The zero-order valence-electron chi connectivity index (χ0n) is 14.2. The molecule has 2 aromatic carbocycles. The van der Waals surface area contributed by atoms with Crippen LogP contribution in [0.5, 0.6) is 5.75 Å². The second kappa shape index (κ2) is 5.27. The third-order valence-corrected chi connectivity index (χ3v) is 5.04. The summed E-state index contributed by atoms with van der Waals surface area (Å²) in [6.45, 7) is 8.13. The lowest BCUT2D eigenvalue weighted by atomic mass is 9.92. The van der Waals surface area contributed by atoms with Gasteiger partial charge in [0, 0.05) is 12.4 Å². The van der Waals surface area contributed by atoms with Crippen molar-refractivity contribution in [3.8, 4) is 16.9 Å². The molecule has 118 valence electrons. The minimum Gasteiger partial charge on any atom is -0.506 e. The van der Waals surface area contributed by atoms with Gasteiger partial charge < -0.3 is 9.67 Å². The van der Waals surface area contributed by atoms with Gasteiger partial charge in [0.05, 0.1) is 11.1 Å². The highest BCUT2D eigenvalue weighted by Gasteiger charge is 2.21. The average molecular weight is 307 g/mol. The quantitative estimate of drug-likeness (QED) is 0.734. The van der Waals surface area contributed by atoms with Crippen molar-refractivity contribution in [2.75, 3.05) is 0 Å². The van der Waals surface area contributed by atoms with E-state index >= 15 is 0 Å². The molecule has 0 aliphatic heterocycles. The van der Waals surface area contributed by atoms with Crippen LogP contribution in [-0.2, 0) is 7.05 Å². The van der Waals surface area contributed by atoms with E-state index in [0.717, 1.165) is 38.7 Å². The summed E-state index contributed by atoms with van der Waals surface area (Å²) in [5.41, 5.74) is 6.12. The average Bonchev–Trinajstić information content (AvgIpc) is 2.55. The molecule has 0 spiro atoms. The molecule has 23 heavy (non-hydrogen) atoms. The number of nitrogens with zero attached hydrogens (tertiary/aromatic N) is 1. The Morgan fingerprint density at radius 3 is 2.04 bits per heavy atom. The first kappa shape index (κ1) is 15.3. The highest BCUT2D eigenvalue weighted by molar-refractivity contribution is 5.97. The monoisotopic (exact) mass is 307 g/mol. The number of hydrogen-bond acceptors (Lipinski definition) is 2. The van der Waals surface area contributed by atoms with Crippen LogP contribution in [0.4, 0.5) is 0 Å². The Kier molecular flexibility index (Phi) is 3.52. The minimum atomic E-state index is -0.174. The third kappa shape index (κ3) is 2.07. The molecule has 3 nitrogen and oxygen atoms in total. The Labute approximate surface area is 135 Å². The fourth-order valence-electron chi connectivity index (χ4n) is 3.36. The van der Waals surface area contributed by atoms with Gasteiger partial charge in [-0.25, -0.2) is 0 Å². The molecular weight excluding hydrogens is 286 g/mol. The molecule has 0 atom stereocenters. The topological polar surface area (TPSA) is 42.2 Å². The second-order valence-electron chi connectivity index (χ2n) is 6.18. The van der Waals surface area contributed by atoms with E-state index in [1.54, 1.807) is 11.6 Å². The van der Waals surface area contributed by atoms with Gasteiger partial charge in [-0.05, 0) is 55.5 Å². The molecule has 0 bridgehead atoms. The summed E-state index contributed by atoms with van der Waals surface area (Å²) >= 11 is 0. The van der Waals surface area contributed by atoms with E-state index in [0.29, 0.717) is 5.56 Å². The van der Waals surface area contributed by atoms with Crippen molar-refractivity contribution in [2.24, 2.45) is 7.05 Å². The predicted octanol–water partition coefficient (Wildman–Crippen LogP) is 4.14. The third-order valence-electron chi connectivity index (χ3n) is 5.04. The van der Waals surface area contributed by atoms with E-state index in [2.05, 4.69) is 13.8 Å². The molecule has 0 saturated heterocycles. The number of hydrogen-bond donors (Lipinski definition) is 1. The maximum atomic E-state index is 12.9. The largest absolute Gasteiger partial charge is 0.506 e. The zero-order valence-corrected chi connectivity index (χ0v) is 14.2. The molecule has 3 heteroatoms. The molecule has 0 radical (unpaired) electrons. The maximum absolute atomic E-state index is 12.9. The molecule has 3 aromatic rings. The van der Waals surface area contributed by atoms with Crippen LogP contribution in [-0.4, -0.2) is 9.67 Å². The van der Waals surface area contributed by atoms with Gasteiger partial charge in [-0.2, -0.15) is 0 Å². The van der Waals surface area contributed by atoms with E-state index < -0.39 is 0 Å². The molecule has 0 aliphatic carbocycles. The maximum Gasteiger partial charge on any atom is 0.262 e. The minimum absolute atomic E-state index is 0.0815. The Morgan fingerprint density at radius 1 is 0.870 bits per heavy atom. The number of aromatic hydroxyl groups is 1. The molecular formula is C20H21NO2. The number of pyridine rings is 1. The molecule has 0 amide bonds. The van der Waals surface area contributed by atoms with Crippen LogP contribution >= 0.6 is 0 Å². The van der Waals surface area contributed by atoms with Gasteiger partial charge in [-0.1, -0.05) is 30.3 Å². The van der Waals surface area contributed by atoms with E-state index in [-0.39, 0.29) is 11.3 Å². The van der Waals surface area contributed by atoms with Gasteiger partial charge in [0.1, 0.15) is 5.75 Å². The molecule has 0 saturated carbocycles. The van der Waals surface area contributed by atoms with Crippen LogP contribution in [0.2, 0.25) is 0 Å². The lowest BCUT2D eigenvalue weighted by molar-refractivity contribution is 0.481. The fourth-order valence-corrected chi connectivity index (χ4v) is 3.36. The molecule has 0 fully saturated rings. The predicted molar refractivity (Wildman–Crippen MR) is 95.2 cm³/mol. The standard InChI is InChI=1S/C20H21NO2/c1-11-12(2)14(4)18-16(13(11)3)19(22)17(20(23)21(18)5)15-9-7-6-8-10-15/h6-10,22H,1-5H3. The van der Waals surface area contributed by atoms with Crippen molar-refractivity contribution in [3.05, 3.63) is 62.9 Å². The van der Waals surface area contributed by atoms with Crippen LogP contribution in [0.15, 0.2) is 35.1 Å². The Balaban J connectivity index is 2.60. The number of aryl methyl sites for hydroxylation is 3. The van der Waals surface area contributed by atoms with E-state index in [4.69, 9.17) is 0 Å². The first-order chi connectivity index (χ1) is 10.9. The van der Waals surface area contributed by atoms with Crippen molar-refractivity contribution in [1.82, 2.24) is 4.57 Å². The summed E-state index contributed by atoms with van der Waals surface area (Å²) in [6.07, 6.45) is 0. The van der Waals surface area contributed by atoms with Crippen LogP contribution in [0.3, 0.4) is 0 Å². The summed E-state index contributed by atoms with van der Waals surface area (Å²) in [5.74, 6) is 0.0815. The highest BCUT2D eigenvalue weighted by atomic mass is 16.3. The summed E-state index contributed by atoms with van der Waals surface area (Å²) < 4.78 is 1.66. The van der Waals surface area contributed by atoms with E-state index in [1.807, 2.05) is 44.2 Å². The molecule has 0 unspecified atom stereocenters. The summed E-state index contributed by atoms with van der Waals surface area (Å²) in [4.78, 5) is 12.9. The lowest BCUT2D eigenvalue weighted by Crippen LogP contribution is -2.20. The van der Waals surface area contributed by atoms with Crippen molar-refractivity contribution >= 4 is 10.9 Å². The second-order valence-corrected chi connectivity index (χ2v) is 6.18. The molecule has 1 N–H and O–H groups in total. The van der Waals surface area contributed by atoms with E-state index in [9.17, 15) is 9.90 Å². The Bertz CT molecular complexity index is 983. The van der Waals surface area contributed by atoms with Crippen LogP contribution in [0, 0.1) is 27.7 Å². The zero-order chi connectivity index (χ0) is 16.9. The van der Waals surface area contributed by atoms with Crippen molar-refractivity contribution in [3.63, 3.8) is 0 Å². The van der Waals surface area contributed by atoms with E-state index in [1.165, 1.54) is 0 Å². The highest BCUT2D eigenvalue weighted by Crippen LogP contribution is 2.38. The van der Waals surface area contributed by atoms with Gasteiger partial charge >= 0.3 is 0 Å². The number of rotatable bonds is 1. The van der Waals surface area contributed by atoms with Gasteiger partial charge in [-0.15, -0.1) is 0 Å². The Hall–Kier alpha value is -2.55. The van der Waals surface area contributed by atoms with Crippen molar-refractivity contribution < 1.29 is 5.11 Å². The smallest absolute Gasteiger partial charge is 0.262 e. The molecule has 1 heterocycles. The van der Waals surface area contributed by atoms with Crippen LogP contribution in [0.1, 0.15) is 22.3 Å². The number of aromatic nitrogens is 1. The molecule has 0 aliphatic rings. The normalized spacial score (nSPS) is 11.2. The summed E-state index contributed by atoms with van der Waals surface area (Å²) in [6, 6.07) is 9.35. The summed E-state index contributed by atoms with van der Waals surface area (Å²) in [5, 5.41) is 11.7. The van der Waals surface area contributed by atoms with Gasteiger partial charge in [0.25, 0.3) is 5.56 Å². The van der Waals surface area contributed by atoms with Gasteiger partial charge in [-0.3, -0.25) is 4.79 Å². The lowest BCUT2D eigenvalue weighted by Gasteiger charge is -2.19. The summed E-state index contributed by atoms with van der Waals surface area (Å²) in [7, 11) is 1.78. The van der Waals surface area contributed by atoms with Crippen LogP contribution in [0.25, 0.3) is 22.0 Å². The van der Waals surface area contributed by atoms with Crippen LogP contribution < -0.4 is 5.56 Å². The van der Waals surface area contributed by atoms with Gasteiger partial charge in [0.2, 0.25) is 0 Å². The van der Waals surface area contributed by atoms with Crippen molar-refractivity contribution in [2.45, 2.75) is 27.7 Å². The fraction of sp³-hybridized carbons (Fsp3) is 0.250. The SMILES string of the molecule is Cc1c(C)c(C)c2c(c1C)c(O)c(-c1ccccc1)c(=O)n2C. The number of benzene rings is 2. The molecule has 1 aromatic heterocycles. The Morgan fingerprint density at radius 2 is 1.43 bits per heavy atom. The number of fused-ring (bicyclic) bond motifs is 1. The molecule has 3 rings (SSSR count).